The summed E-state index contributed by atoms with van der Waals surface area (Å²) in [5.74, 6) is -0.464. The van der Waals surface area contributed by atoms with Crippen molar-refractivity contribution in [2.24, 2.45) is 5.92 Å². The van der Waals surface area contributed by atoms with E-state index in [0.717, 1.165) is 29.5 Å². The van der Waals surface area contributed by atoms with Crippen LogP contribution in [0.15, 0.2) is 6.33 Å². The summed E-state index contributed by atoms with van der Waals surface area (Å²) in [4.78, 5) is 22.5. The van der Waals surface area contributed by atoms with E-state index in [1.165, 1.54) is 29.6 Å². The maximum atomic E-state index is 11.5. The number of carbonyl (C=O) groups is 1. The Balaban J connectivity index is 2.03. The molecule has 2 atom stereocenters. The molecule has 0 aliphatic heterocycles. The number of aliphatic carboxylic acids is 1. The van der Waals surface area contributed by atoms with E-state index in [-0.39, 0.29) is 5.92 Å². The van der Waals surface area contributed by atoms with Gasteiger partial charge in [0.25, 0.3) is 0 Å². The molecule has 0 saturated carbocycles. The molecule has 0 aromatic carbocycles. The van der Waals surface area contributed by atoms with Gasteiger partial charge in [-0.1, -0.05) is 20.3 Å². The third-order valence-electron chi connectivity index (χ3n) is 4.51. The van der Waals surface area contributed by atoms with Crippen molar-refractivity contribution < 1.29 is 9.90 Å². The van der Waals surface area contributed by atoms with Gasteiger partial charge < -0.3 is 15.2 Å². The lowest BCUT2D eigenvalue weighted by atomic mass is 9.96. The molecule has 2 heterocycles. The third-order valence-corrected chi connectivity index (χ3v) is 5.71. The molecule has 6 heteroatoms. The van der Waals surface area contributed by atoms with Crippen molar-refractivity contribution in [1.82, 2.24) is 9.97 Å². The molecule has 3 rings (SSSR count). The van der Waals surface area contributed by atoms with Crippen LogP contribution in [0, 0.1) is 5.92 Å². The van der Waals surface area contributed by atoms with Gasteiger partial charge in [0.1, 0.15) is 17.0 Å². The number of thiophene rings is 1. The van der Waals surface area contributed by atoms with E-state index in [2.05, 4.69) is 15.3 Å². The van der Waals surface area contributed by atoms with Crippen molar-refractivity contribution in [2.45, 2.75) is 52.0 Å². The summed E-state index contributed by atoms with van der Waals surface area (Å²) in [6.45, 7) is 3.89. The van der Waals surface area contributed by atoms with Crippen LogP contribution in [0.5, 0.6) is 0 Å². The smallest absolute Gasteiger partial charge is 0.138 e. The second kappa shape index (κ2) is 6.20. The van der Waals surface area contributed by atoms with Crippen molar-refractivity contribution in [3.8, 4) is 0 Å². The largest absolute Gasteiger partial charge is 0.548 e. The van der Waals surface area contributed by atoms with Gasteiger partial charge in [-0.3, -0.25) is 0 Å². The zero-order valence-corrected chi connectivity index (χ0v) is 13.7. The molecule has 0 spiro atoms. The second-order valence-corrected chi connectivity index (χ2v) is 7.02. The first-order valence-corrected chi connectivity index (χ1v) is 8.66. The van der Waals surface area contributed by atoms with Crippen LogP contribution in [-0.4, -0.2) is 22.0 Å². The van der Waals surface area contributed by atoms with Crippen LogP contribution in [-0.2, 0) is 17.6 Å². The number of nitrogens with zero attached hydrogens (tertiary/aromatic N) is 2. The number of carbonyl (C=O) groups excluding carboxylic acids is 1. The molecule has 2 aromatic heterocycles. The summed E-state index contributed by atoms with van der Waals surface area (Å²) in [5.41, 5.74) is 1.30. The normalized spacial score (nSPS) is 17.0. The molecule has 0 bridgehead atoms. The first-order chi connectivity index (χ1) is 10.6. The van der Waals surface area contributed by atoms with Crippen molar-refractivity contribution in [2.75, 3.05) is 5.32 Å². The Morgan fingerprint density at radius 3 is 2.91 bits per heavy atom. The predicted molar refractivity (Wildman–Crippen MR) is 85.9 cm³/mol. The molecule has 0 amide bonds. The highest BCUT2D eigenvalue weighted by atomic mass is 32.1. The summed E-state index contributed by atoms with van der Waals surface area (Å²) in [6.07, 6.45) is 6.77. The van der Waals surface area contributed by atoms with E-state index in [0.29, 0.717) is 5.82 Å². The summed E-state index contributed by atoms with van der Waals surface area (Å²) < 4.78 is 0. The van der Waals surface area contributed by atoms with E-state index in [4.69, 9.17) is 0 Å². The minimum Gasteiger partial charge on any atom is -0.548 e. The molecule has 2 aromatic rings. The van der Waals surface area contributed by atoms with Gasteiger partial charge in [-0.05, 0) is 37.2 Å². The fraction of sp³-hybridized carbons (Fsp3) is 0.562. The molecule has 22 heavy (non-hydrogen) atoms. The fourth-order valence-corrected chi connectivity index (χ4v) is 4.25. The molecule has 0 fully saturated rings. The van der Waals surface area contributed by atoms with Gasteiger partial charge in [0.05, 0.1) is 17.4 Å². The molecular weight excluding hydrogens is 298 g/mol. The molecule has 118 valence electrons. The Kier molecular flexibility index (Phi) is 4.29. The first-order valence-electron chi connectivity index (χ1n) is 7.84. The second-order valence-electron chi connectivity index (χ2n) is 5.94. The van der Waals surface area contributed by atoms with Gasteiger partial charge in [-0.15, -0.1) is 11.3 Å². The lowest BCUT2D eigenvalue weighted by Gasteiger charge is -2.26. The average molecular weight is 318 g/mol. The molecular formula is C16H20N3O2S-. The third kappa shape index (κ3) is 2.67. The lowest BCUT2D eigenvalue weighted by Crippen LogP contribution is -2.45. The molecule has 0 saturated heterocycles. The minimum absolute atomic E-state index is 0.0236. The number of hydrogen-bond donors (Lipinski definition) is 1. The molecule has 5 nitrogen and oxygen atoms in total. The van der Waals surface area contributed by atoms with Crippen LogP contribution >= 0.6 is 11.3 Å². The number of aryl methyl sites for hydroxylation is 2. The number of carboxylic acids is 1. The fourth-order valence-electron chi connectivity index (χ4n) is 3.02. The molecule has 1 N–H and O–H groups in total. The maximum absolute atomic E-state index is 11.5. The van der Waals surface area contributed by atoms with Crippen LogP contribution in [0.2, 0.25) is 0 Å². The van der Waals surface area contributed by atoms with Crippen molar-refractivity contribution >= 4 is 33.3 Å². The van der Waals surface area contributed by atoms with Crippen molar-refractivity contribution in [1.29, 1.82) is 0 Å². The highest BCUT2D eigenvalue weighted by Gasteiger charge is 2.23. The van der Waals surface area contributed by atoms with Crippen LogP contribution < -0.4 is 10.4 Å². The Bertz CT molecular complexity index is 698. The Hall–Kier alpha value is -1.69. The number of anilines is 1. The van der Waals surface area contributed by atoms with Crippen LogP contribution in [0.1, 0.15) is 43.6 Å². The Morgan fingerprint density at radius 2 is 2.18 bits per heavy atom. The standard InChI is InChI=1S/C16H21N3O2S/c1-3-9(2)13(16(20)21)19-14-12-10-6-4-5-7-11(10)22-15(12)18-8-17-14/h8-9,13H,3-7H2,1-2H3,(H,20,21)(H,17,18,19)/p-1/t9-,13-/m0/s1. The number of hydrogen-bond acceptors (Lipinski definition) is 6. The summed E-state index contributed by atoms with van der Waals surface area (Å²) in [5, 5.41) is 15.6. The van der Waals surface area contributed by atoms with Gasteiger partial charge in [-0.25, -0.2) is 9.97 Å². The maximum Gasteiger partial charge on any atom is 0.138 e. The highest BCUT2D eigenvalue weighted by Crippen LogP contribution is 2.38. The van der Waals surface area contributed by atoms with E-state index in [1.54, 1.807) is 11.3 Å². The summed E-state index contributed by atoms with van der Waals surface area (Å²) >= 11 is 1.71. The Labute approximate surface area is 133 Å². The van der Waals surface area contributed by atoms with Gasteiger partial charge in [0.15, 0.2) is 0 Å². The van der Waals surface area contributed by atoms with Crippen LogP contribution in [0.3, 0.4) is 0 Å². The van der Waals surface area contributed by atoms with E-state index >= 15 is 0 Å². The SMILES string of the molecule is CC[C@H](C)[C@H](Nc1ncnc2sc3c(c12)CCCC3)C(=O)[O-]. The molecule has 1 aliphatic rings. The van der Waals surface area contributed by atoms with Crippen LogP contribution in [0.25, 0.3) is 10.2 Å². The van der Waals surface area contributed by atoms with Crippen molar-refractivity contribution in [3.63, 3.8) is 0 Å². The minimum atomic E-state index is -1.08. The van der Waals surface area contributed by atoms with E-state index < -0.39 is 12.0 Å². The zero-order chi connectivity index (χ0) is 15.7. The lowest BCUT2D eigenvalue weighted by molar-refractivity contribution is -0.307. The quantitative estimate of drug-likeness (QED) is 0.914. The zero-order valence-electron chi connectivity index (χ0n) is 12.9. The number of aromatic nitrogens is 2. The molecule has 1 aliphatic carbocycles. The summed E-state index contributed by atoms with van der Waals surface area (Å²) in [7, 11) is 0. The van der Waals surface area contributed by atoms with Gasteiger partial charge in [-0.2, -0.15) is 0 Å². The monoisotopic (exact) mass is 318 g/mol. The van der Waals surface area contributed by atoms with E-state index in [1.807, 2.05) is 13.8 Å². The van der Waals surface area contributed by atoms with E-state index in [9.17, 15) is 9.90 Å². The number of rotatable bonds is 5. The van der Waals surface area contributed by atoms with Gasteiger partial charge in [0.2, 0.25) is 0 Å². The number of carboxylic acid groups (broad SMARTS) is 1. The molecule has 0 radical (unpaired) electrons. The van der Waals surface area contributed by atoms with Crippen LogP contribution in [0.4, 0.5) is 5.82 Å². The summed E-state index contributed by atoms with van der Waals surface area (Å²) in [6, 6.07) is -0.734. The average Bonchev–Trinajstić information content (AvgIpc) is 2.90. The molecule has 0 unspecified atom stereocenters. The number of nitrogens with one attached hydrogen (secondary N) is 1. The highest BCUT2D eigenvalue weighted by molar-refractivity contribution is 7.19. The first kappa shape index (κ1) is 15.2. The predicted octanol–water partition coefficient (Wildman–Crippen LogP) is 2.15. The van der Waals surface area contributed by atoms with Gasteiger partial charge >= 0.3 is 0 Å². The van der Waals surface area contributed by atoms with Gasteiger partial charge in [0, 0.05) is 4.88 Å². The Morgan fingerprint density at radius 1 is 1.41 bits per heavy atom. The topological polar surface area (TPSA) is 77.9 Å². The number of fused-ring (bicyclic) bond motifs is 3. The van der Waals surface area contributed by atoms with Crippen molar-refractivity contribution in [3.05, 3.63) is 16.8 Å².